The maximum absolute atomic E-state index is 11.2. The molecule has 0 aliphatic carbocycles. The van der Waals surface area contributed by atoms with Gasteiger partial charge in [0.2, 0.25) is 5.91 Å². The van der Waals surface area contributed by atoms with Crippen molar-refractivity contribution in [1.29, 1.82) is 0 Å². The van der Waals surface area contributed by atoms with Gasteiger partial charge in [-0.2, -0.15) is 0 Å². The molecular weight excluding hydrogens is 291 g/mol. The van der Waals surface area contributed by atoms with E-state index in [4.69, 9.17) is 15.0 Å². The Bertz CT molecular complexity index is 610. The highest BCUT2D eigenvalue weighted by molar-refractivity contribution is 6.55. The number of carbonyl (C=O) groups excluding carboxylic acids is 1. The fourth-order valence-corrected chi connectivity index (χ4v) is 2.34. The zero-order valence-corrected chi connectivity index (χ0v) is 14.5. The van der Waals surface area contributed by atoms with Gasteiger partial charge in [0.15, 0.2) is 0 Å². The second-order valence-corrected chi connectivity index (χ2v) is 6.82. The summed E-state index contributed by atoms with van der Waals surface area (Å²) in [5, 5.41) is 2.77. The molecule has 124 valence electrons. The van der Waals surface area contributed by atoms with Crippen LogP contribution in [0.3, 0.4) is 0 Å². The Hall–Kier alpha value is -1.63. The van der Waals surface area contributed by atoms with Crippen LogP contribution < -0.4 is 11.1 Å². The standard InChI is InChI=1S/C17H25BN2O3/c1-12(21)20-15-8-6-7-13(10-15)9-14(11-19)18-22-16(2,3)17(4,5)23-18/h6-10H,11,19H2,1-5H3,(H,20,21). The highest BCUT2D eigenvalue weighted by atomic mass is 16.7. The largest absolute Gasteiger partial charge is 0.491 e. The monoisotopic (exact) mass is 316 g/mol. The van der Waals surface area contributed by atoms with E-state index < -0.39 is 18.3 Å². The molecule has 5 nitrogen and oxygen atoms in total. The molecule has 0 spiro atoms. The molecule has 1 aliphatic heterocycles. The van der Waals surface area contributed by atoms with Gasteiger partial charge < -0.3 is 20.4 Å². The highest BCUT2D eigenvalue weighted by Crippen LogP contribution is 2.38. The van der Waals surface area contributed by atoms with Crippen LogP contribution in [0.25, 0.3) is 6.08 Å². The first kappa shape index (κ1) is 17.7. The summed E-state index contributed by atoms with van der Waals surface area (Å²) in [6.07, 6.45) is 1.95. The van der Waals surface area contributed by atoms with Crippen LogP contribution in [0.15, 0.2) is 29.7 Å². The lowest BCUT2D eigenvalue weighted by Crippen LogP contribution is -2.41. The van der Waals surface area contributed by atoms with Crippen LogP contribution in [0, 0.1) is 0 Å². The fourth-order valence-electron chi connectivity index (χ4n) is 2.34. The minimum absolute atomic E-state index is 0.101. The number of anilines is 1. The van der Waals surface area contributed by atoms with Gasteiger partial charge in [-0.15, -0.1) is 0 Å². The second kappa shape index (κ2) is 6.47. The minimum Gasteiger partial charge on any atom is -0.400 e. The van der Waals surface area contributed by atoms with Gasteiger partial charge in [-0.3, -0.25) is 4.79 Å². The van der Waals surface area contributed by atoms with E-state index in [1.54, 1.807) is 0 Å². The van der Waals surface area contributed by atoms with Crippen molar-refractivity contribution >= 4 is 24.8 Å². The lowest BCUT2D eigenvalue weighted by Gasteiger charge is -2.32. The fraction of sp³-hybridized carbons (Fsp3) is 0.471. The van der Waals surface area contributed by atoms with Crippen LogP contribution >= 0.6 is 0 Å². The molecule has 1 aromatic rings. The first-order chi connectivity index (χ1) is 10.6. The van der Waals surface area contributed by atoms with E-state index in [9.17, 15) is 4.79 Å². The summed E-state index contributed by atoms with van der Waals surface area (Å²) < 4.78 is 12.1. The molecule has 1 aliphatic rings. The van der Waals surface area contributed by atoms with E-state index in [0.717, 1.165) is 16.7 Å². The zero-order valence-electron chi connectivity index (χ0n) is 14.5. The van der Waals surface area contributed by atoms with Crippen molar-refractivity contribution in [3.63, 3.8) is 0 Å². The molecule has 0 atom stereocenters. The maximum Gasteiger partial charge on any atom is 0.491 e. The van der Waals surface area contributed by atoms with Crippen molar-refractivity contribution in [2.75, 3.05) is 11.9 Å². The number of carbonyl (C=O) groups is 1. The number of nitrogens with one attached hydrogen (secondary N) is 1. The van der Waals surface area contributed by atoms with E-state index in [2.05, 4.69) is 5.32 Å². The molecule has 1 aromatic carbocycles. The number of hydrogen-bond acceptors (Lipinski definition) is 4. The molecular formula is C17H25BN2O3. The Balaban J connectivity index is 2.25. The van der Waals surface area contributed by atoms with Gasteiger partial charge in [0.25, 0.3) is 0 Å². The lowest BCUT2D eigenvalue weighted by atomic mass is 9.77. The molecule has 2 rings (SSSR count). The normalized spacial score (nSPS) is 19.7. The number of rotatable bonds is 4. The molecule has 1 amide bonds. The van der Waals surface area contributed by atoms with Crippen LogP contribution in [0.1, 0.15) is 40.2 Å². The van der Waals surface area contributed by atoms with Crippen LogP contribution in [0.4, 0.5) is 5.69 Å². The summed E-state index contributed by atoms with van der Waals surface area (Å²) >= 11 is 0. The number of benzene rings is 1. The van der Waals surface area contributed by atoms with Crippen molar-refractivity contribution in [2.24, 2.45) is 5.73 Å². The van der Waals surface area contributed by atoms with Gasteiger partial charge in [-0.1, -0.05) is 18.2 Å². The Morgan fingerprint density at radius 2 is 1.87 bits per heavy atom. The van der Waals surface area contributed by atoms with Gasteiger partial charge in [-0.25, -0.2) is 0 Å². The summed E-state index contributed by atoms with van der Waals surface area (Å²) in [6.45, 7) is 9.87. The Kier molecular flexibility index (Phi) is 4.99. The van der Waals surface area contributed by atoms with Crippen LogP contribution in [0.5, 0.6) is 0 Å². The molecule has 0 saturated carbocycles. The average molecular weight is 316 g/mol. The highest BCUT2D eigenvalue weighted by Gasteiger charge is 2.52. The Morgan fingerprint density at radius 1 is 1.26 bits per heavy atom. The molecule has 0 bridgehead atoms. The quantitative estimate of drug-likeness (QED) is 0.838. The van der Waals surface area contributed by atoms with E-state index in [1.807, 2.05) is 58.0 Å². The van der Waals surface area contributed by atoms with Crippen molar-refractivity contribution in [3.8, 4) is 0 Å². The van der Waals surface area contributed by atoms with Gasteiger partial charge in [0.05, 0.1) is 11.2 Å². The van der Waals surface area contributed by atoms with Crippen molar-refractivity contribution in [3.05, 3.63) is 35.3 Å². The third kappa shape index (κ3) is 4.02. The summed E-state index contributed by atoms with van der Waals surface area (Å²) in [5.74, 6) is -0.101. The molecule has 3 N–H and O–H groups in total. The molecule has 6 heteroatoms. The number of amides is 1. The first-order valence-corrected chi connectivity index (χ1v) is 7.78. The average Bonchev–Trinajstić information content (AvgIpc) is 2.64. The predicted molar refractivity (Wildman–Crippen MR) is 93.9 cm³/mol. The summed E-state index contributed by atoms with van der Waals surface area (Å²) in [6, 6.07) is 7.57. The van der Waals surface area contributed by atoms with E-state index in [-0.39, 0.29) is 5.91 Å². The second-order valence-electron chi connectivity index (χ2n) is 6.82. The van der Waals surface area contributed by atoms with Gasteiger partial charge in [0.1, 0.15) is 0 Å². The van der Waals surface area contributed by atoms with Gasteiger partial charge >= 0.3 is 7.12 Å². The van der Waals surface area contributed by atoms with Gasteiger partial charge in [-0.05, 0) is 50.9 Å². The summed E-state index contributed by atoms with van der Waals surface area (Å²) in [5.41, 5.74) is 7.65. The van der Waals surface area contributed by atoms with Crippen LogP contribution in [-0.4, -0.2) is 30.8 Å². The van der Waals surface area contributed by atoms with E-state index >= 15 is 0 Å². The molecule has 0 unspecified atom stereocenters. The van der Waals surface area contributed by atoms with E-state index in [1.165, 1.54) is 6.92 Å². The summed E-state index contributed by atoms with van der Waals surface area (Å²) in [7, 11) is -0.463. The van der Waals surface area contributed by atoms with E-state index in [0.29, 0.717) is 6.54 Å². The van der Waals surface area contributed by atoms with Crippen LogP contribution in [-0.2, 0) is 14.1 Å². The topological polar surface area (TPSA) is 73.6 Å². The lowest BCUT2D eigenvalue weighted by molar-refractivity contribution is -0.114. The molecule has 1 heterocycles. The SMILES string of the molecule is CC(=O)Nc1cccc(C=C(CN)B2OC(C)(C)C(C)(C)O2)c1. The third-order valence-electron chi connectivity index (χ3n) is 4.35. The molecule has 1 saturated heterocycles. The van der Waals surface area contributed by atoms with Crippen molar-refractivity contribution < 1.29 is 14.1 Å². The smallest absolute Gasteiger partial charge is 0.400 e. The maximum atomic E-state index is 11.2. The van der Waals surface area contributed by atoms with Crippen molar-refractivity contribution in [2.45, 2.75) is 45.8 Å². The predicted octanol–water partition coefficient (Wildman–Crippen LogP) is 2.62. The van der Waals surface area contributed by atoms with Crippen LogP contribution in [0.2, 0.25) is 0 Å². The molecule has 1 fully saturated rings. The van der Waals surface area contributed by atoms with Crippen molar-refractivity contribution in [1.82, 2.24) is 0 Å². The summed E-state index contributed by atoms with van der Waals surface area (Å²) in [4.78, 5) is 11.2. The molecule has 0 aromatic heterocycles. The van der Waals surface area contributed by atoms with Gasteiger partial charge in [0, 0.05) is 19.2 Å². The zero-order chi connectivity index (χ0) is 17.3. The number of hydrogen-bond donors (Lipinski definition) is 2. The number of nitrogens with two attached hydrogens (primary N) is 1. The molecule has 0 radical (unpaired) electrons. The first-order valence-electron chi connectivity index (χ1n) is 7.78. The Labute approximate surface area is 138 Å². The minimum atomic E-state index is -0.463. The molecule has 23 heavy (non-hydrogen) atoms. The Morgan fingerprint density at radius 3 is 2.39 bits per heavy atom. The third-order valence-corrected chi connectivity index (χ3v) is 4.35.